The fourth-order valence-corrected chi connectivity index (χ4v) is 3.05. The van der Waals surface area contributed by atoms with E-state index in [-0.39, 0.29) is 16.7 Å². The van der Waals surface area contributed by atoms with Crippen molar-refractivity contribution in [2.75, 3.05) is 11.1 Å². The first-order valence-corrected chi connectivity index (χ1v) is 8.25. The van der Waals surface area contributed by atoms with E-state index in [0.29, 0.717) is 16.3 Å². The van der Waals surface area contributed by atoms with E-state index in [1.165, 1.54) is 12.1 Å². The van der Waals surface area contributed by atoms with Gasteiger partial charge in [-0.3, -0.25) is 9.48 Å². The van der Waals surface area contributed by atoms with Gasteiger partial charge in [0, 0.05) is 11.9 Å². The Morgan fingerprint density at radius 1 is 1.38 bits per heavy atom. The number of hydrogen-bond acceptors (Lipinski definition) is 3. The molecule has 0 bridgehead atoms. The Hall–Kier alpha value is -1.67. The van der Waals surface area contributed by atoms with Gasteiger partial charge in [-0.25, -0.2) is 0 Å². The number of carbonyl (C=O) groups excluding carboxylic acids is 1. The minimum absolute atomic E-state index is 0.0211. The lowest BCUT2D eigenvalue weighted by atomic mass is 10.2. The molecule has 130 valence electrons. The summed E-state index contributed by atoms with van der Waals surface area (Å²) >= 11 is 6.58. The second kappa shape index (κ2) is 7.06. The highest BCUT2D eigenvalue weighted by molar-refractivity contribution is 8.00. The minimum Gasteiger partial charge on any atom is -0.322 e. The highest BCUT2D eigenvalue weighted by Gasteiger charge is 2.33. The average molecular weight is 378 g/mol. The molecule has 0 aliphatic carbocycles. The minimum atomic E-state index is -4.53. The van der Waals surface area contributed by atoms with Gasteiger partial charge in [-0.05, 0) is 32.0 Å². The number of alkyl halides is 3. The SMILES string of the molecule is Cc1nn(C)c(C)c1NC(=O)CSc1ccc(Cl)c(C(F)(F)F)c1. The van der Waals surface area contributed by atoms with E-state index in [2.05, 4.69) is 10.4 Å². The largest absolute Gasteiger partial charge is 0.417 e. The third kappa shape index (κ3) is 4.24. The Bertz CT molecular complexity index is 774. The lowest BCUT2D eigenvalue weighted by Crippen LogP contribution is -2.15. The van der Waals surface area contributed by atoms with Gasteiger partial charge in [0.05, 0.1) is 33.4 Å². The number of benzene rings is 1. The summed E-state index contributed by atoms with van der Waals surface area (Å²) in [4.78, 5) is 12.4. The van der Waals surface area contributed by atoms with E-state index in [1.54, 1.807) is 18.7 Å². The quantitative estimate of drug-likeness (QED) is 0.801. The summed E-state index contributed by atoms with van der Waals surface area (Å²) in [5.41, 5.74) is 1.19. The Balaban J connectivity index is 2.04. The van der Waals surface area contributed by atoms with Crippen molar-refractivity contribution >= 4 is 35.0 Å². The van der Waals surface area contributed by atoms with Crippen LogP contribution in [0.3, 0.4) is 0 Å². The van der Waals surface area contributed by atoms with Gasteiger partial charge in [0.2, 0.25) is 5.91 Å². The van der Waals surface area contributed by atoms with Gasteiger partial charge in [-0.1, -0.05) is 11.6 Å². The summed E-state index contributed by atoms with van der Waals surface area (Å²) in [5, 5.41) is 6.56. The molecule has 0 aliphatic heterocycles. The van der Waals surface area contributed by atoms with Gasteiger partial charge in [-0.2, -0.15) is 18.3 Å². The second-order valence-electron chi connectivity index (χ2n) is 5.15. The summed E-state index contributed by atoms with van der Waals surface area (Å²) in [6.45, 7) is 3.59. The van der Waals surface area contributed by atoms with Crippen molar-refractivity contribution in [3.8, 4) is 0 Å². The van der Waals surface area contributed by atoms with E-state index in [4.69, 9.17) is 11.6 Å². The molecule has 1 aromatic heterocycles. The second-order valence-corrected chi connectivity index (χ2v) is 6.60. The zero-order valence-corrected chi connectivity index (χ0v) is 14.7. The molecule has 1 aromatic carbocycles. The van der Waals surface area contributed by atoms with Gasteiger partial charge in [-0.15, -0.1) is 11.8 Å². The Morgan fingerprint density at radius 2 is 2.04 bits per heavy atom. The van der Waals surface area contributed by atoms with Crippen LogP contribution in [0.4, 0.5) is 18.9 Å². The molecule has 1 amide bonds. The highest BCUT2D eigenvalue weighted by Crippen LogP contribution is 2.37. The predicted octanol–water partition coefficient (Wildman–Crippen LogP) is 4.44. The molecule has 0 saturated carbocycles. The zero-order chi connectivity index (χ0) is 18.1. The number of nitrogens with zero attached hydrogens (tertiary/aromatic N) is 2. The normalized spacial score (nSPS) is 11.6. The molecule has 24 heavy (non-hydrogen) atoms. The van der Waals surface area contributed by atoms with E-state index in [9.17, 15) is 18.0 Å². The third-order valence-electron chi connectivity index (χ3n) is 3.39. The molecule has 0 atom stereocenters. The van der Waals surface area contributed by atoms with Gasteiger partial charge >= 0.3 is 6.18 Å². The Morgan fingerprint density at radius 3 is 2.58 bits per heavy atom. The van der Waals surface area contributed by atoms with Gasteiger partial charge in [0.1, 0.15) is 0 Å². The molecular formula is C15H15ClF3N3OS. The number of thioether (sulfide) groups is 1. The van der Waals surface area contributed by atoms with Gasteiger partial charge < -0.3 is 5.32 Å². The molecular weight excluding hydrogens is 363 g/mol. The molecule has 0 unspecified atom stereocenters. The smallest absolute Gasteiger partial charge is 0.322 e. The first-order valence-electron chi connectivity index (χ1n) is 6.89. The molecule has 9 heteroatoms. The molecule has 2 rings (SSSR count). The Labute approximate surface area is 146 Å². The lowest BCUT2D eigenvalue weighted by molar-refractivity contribution is -0.137. The van der Waals surface area contributed by atoms with Crippen LogP contribution in [0.1, 0.15) is 17.0 Å². The van der Waals surface area contributed by atoms with E-state index in [1.807, 2.05) is 6.92 Å². The summed E-state index contributed by atoms with van der Waals surface area (Å²) in [6, 6.07) is 3.58. The van der Waals surface area contributed by atoms with Crippen molar-refractivity contribution in [1.82, 2.24) is 9.78 Å². The summed E-state index contributed by atoms with van der Waals surface area (Å²) in [7, 11) is 1.76. The molecule has 1 heterocycles. The van der Waals surface area contributed by atoms with Crippen molar-refractivity contribution in [3.05, 3.63) is 40.2 Å². The zero-order valence-electron chi connectivity index (χ0n) is 13.2. The first-order chi connectivity index (χ1) is 11.1. The molecule has 1 N–H and O–H groups in total. The number of amides is 1. The highest BCUT2D eigenvalue weighted by atomic mass is 35.5. The van der Waals surface area contributed by atoms with E-state index >= 15 is 0 Å². The lowest BCUT2D eigenvalue weighted by Gasteiger charge is -2.11. The first kappa shape index (κ1) is 18.7. The number of halogens is 4. The summed E-state index contributed by atoms with van der Waals surface area (Å²) < 4.78 is 40.1. The number of aromatic nitrogens is 2. The number of hydrogen-bond donors (Lipinski definition) is 1. The average Bonchev–Trinajstić information content (AvgIpc) is 2.71. The molecule has 4 nitrogen and oxygen atoms in total. The maximum absolute atomic E-state index is 12.8. The van der Waals surface area contributed by atoms with Crippen LogP contribution in [0.25, 0.3) is 0 Å². The fourth-order valence-electron chi connectivity index (χ4n) is 2.09. The van der Waals surface area contributed by atoms with Crippen molar-refractivity contribution in [2.45, 2.75) is 24.9 Å². The molecule has 2 aromatic rings. The standard InChI is InChI=1S/C15H15ClF3N3OS/c1-8-14(9(2)22(3)21-8)20-13(23)7-24-10-4-5-12(16)11(6-10)15(17,18)19/h4-6H,7H2,1-3H3,(H,20,23). The molecule has 0 fully saturated rings. The number of anilines is 1. The number of nitrogens with one attached hydrogen (secondary N) is 1. The van der Waals surface area contributed by atoms with Crippen LogP contribution in [0, 0.1) is 13.8 Å². The molecule has 0 spiro atoms. The van der Waals surface area contributed by atoms with Crippen LogP contribution in [-0.4, -0.2) is 21.4 Å². The maximum Gasteiger partial charge on any atom is 0.417 e. The van der Waals surface area contributed by atoms with Crippen LogP contribution in [0.2, 0.25) is 5.02 Å². The summed E-state index contributed by atoms with van der Waals surface area (Å²) in [5.74, 6) is -0.338. The fraction of sp³-hybridized carbons (Fsp3) is 0.333. The van der Waals surface area contributed by atoms with Crippen LogP contribution in [0.15, 0.2) is 23.1 Å². The topological polar surface area (TPSA) is 46.9 Å². The van der Waals surface area contributed by atoms with Crippen LogP contribution < -0.4 is 5.32 Å². The monoisotopic (exact) mass is 377 g/mol. The van der Waals surface area contributed by atoms with E-state index in [0.717, 1.165) is 23.5 Å². The van der Waals surface area contributed by atoms with Crippen molar-refractivity contribution < 1.29 is 18.0 Å². The maximum atomic E-state index is 12.8. The van der Waals surface area contributed by atoms with Crippen molar-refractivity contribution in [3.63, 3.8) is 0 Å². The van der Waals surface area contributed by atoms with E-state index < -0.39 is 11.7 Å². The van der Waals surface area contributed by atoms with Crippen LogP contribution in [0.5, 0.6) is 0 Å². The van der Waals surface area contributed by atoms with Crippen LogP contribution >= 0.6 is 23.4 Å². The van der Waals surface area contributed by atoms with Gasteiger partial charge in [0.15, 0.2) is 0 Å². The number of aryl methyl sites for hydroxylation is 2. The number of carbonyl (C=O) groups is 1. The van der Waals surface area contributed by atoms with Crippen molar-refractivity contribution in [2.24, 2.45) is 7.05 Å². The predicted molar refractivity (Wildman–Crippen MR) is 88.5 cm³/mol. The Kier molecular flexibility index (Phi) is 5.49. The summed E-state index contributed by atoms with van der Waals surface area (Å²) in [6.07, 6.45) is -4.53. The van der Waals surface area contributed by atoms with Crippen molar-refractivity contribution in [1.29, 1.82) is 0 Å². The molecule has 0 radical (unpaired) electrons. The van der Waals surface area contributed by atoms with Crippen LogP contribution in [-0.2, 0) is 18.0 Å². The number of rotatable bonds is 4. The molecule has 0 aliphatic rings. The van der Waals surface area contributed by atoms with Gasteiger partial charge in [0.25, 0.3) is 0 Å². The third-order valence-corrected chi connectivity index (χ3v) is 4.71. The molecule has 0 saturated heterocycles.